The minimum atomic E-state index is -0.812. The fourth-order valence-electron chi connectivity index (χ4n) is 2.84. The maximum absolute atomic E-state index is 6.30. The van der Waals surface area contributed by atoms with E-state index < -0.39 is 9.04 Å². The Kier molecular flexibility index (Phi) is 6.09. The Labute approximate surface area is 167 Å². The molecule has 0 saturated heterocycles. The Balaban J connectivity index is 1.81. The van der Waals surface area contributed by atoms with Crippen molar-refractivity contribution in [2.75, 3.05) is 5.32 Å². The van der Waals surface area contributed by atoms with E-state index >= 15 is 0 Å². The molecule has 0 bridgehead atoms. The van der Waals surface area contributed by atoms with Crippen LogP contribution in [0.5, 0.6) is 0 Å². The molecule has 2 heterocycles. The predicted octanol–water partition coefficient (Wildman–Crippen LogP) is 6.30. The molecule has 1 aromatic carbocycles. The van der Waals surface area contributed by atoms with E-state index in [4.69, 9.17) is 4.43 Å². The third-order valence-electron chi connectivity index (χ3n) is 4.03. The average molecular weight is 397 g/mol. The molecule has 0 aliphatic carbocycles. The number of anilines is 2. The fourth-order valence-corrected chi connectivity index (χ4v) is 4.63. The topological polar surface area (TPSA) is 47.0 Å². The first kappa shape index (κ1) is 19.7. The highest BCUT2D eigenvalue weighted by Gasteiger charge is 2.28. The van der Waals surface area contributed by atoms with Crippen LogP contribution in [0.3, 0.4) is 0 Å². The maximum atomic E-state index is 6.30. The second kappa shape index (κ2) is 8.33. The van der Waals surface area contributed by atoms with Crippen LogP contribution in [0.25, 0.3) is 10.4 Å². The number of hydrogen-bond acceptors (Lipinski definition) is 5. The van der Waals surface area contributed by atoms with Gasteiger partial charge in [0, 0.05) is 12.4 Å². The van der Waals surface area contributed by atoms with Crippen LogP contribution in [0.4, 0.5) is 10.9 Å². The summed E-state index contributed by atoms with van der Waals surface area (Å²) in [5.41, 5.74) is 2.33. The molecule has 0 amide bonds. The number of pyridine rings is 1. The van der Waals surface area contributed by atoms with Crippen LogP contribution in [0.1, 0.15) is 32.4 Å². The van der Waals surface area contributed by atoms with Crippen molar-refractivity contribution in [2.45, 2.75) is 40.0 Å². The van der Waals surface area contributed by atoms with Gasteiger partial charge in [0.15, 0.2) is 5.13 Å². The van der Waals surface area contributed by atoms with Crippen molar-refractivity contribution in [3.8, 4) is 10.4 Å². The first-order valence-corrected chi connectivity index (χ1v) is 12.3. The Morgan fingerprint density at radius 2 is 1.81 bits per heavy atom. The van der Waals surface area contributed by atoms with E-state index in [1.807, 2.05) is 36.7 Å². The quantitative estimate of drug-likeness (QED) is 0.496. The summed E-state index contributed by atoms with van der Waals surface area (Å²) in [5.74, 6) is 0.792. The smallest absolute Gasteiger partial charge is 0.205 e. The van der Waals surface area contributed by atoms with Crippen LogP contribution in [0, 0.1) is 5.41 Å². The molecule has 0 aliphatic heterocycles. The molecule has 0 aliphatic rings. The number of hydrogen-bond donors (Lipinski definition) is 1. The van der Waals surface area contributed by atoms with E-state index in [2.05, 4.69) is 67.3 Å². The second-order valence-corrected chi connectivity index (χ2v) is 10.9. The number of aromatic nitrogens is 2. The van der Waals surface area contributed by atoms with Crippen LogP contribution in [0.2, 0.25) is 13.1 Å². The monoisotopic (exact) mass is 396 g/mol. The Morgan fingerprint density at radius 1 is 1.07 bits per heavy atom. The number of rotatable bonds is 6. The van der Waals surface area contributed by atoms with Gasteiger partial charge in [0.05, 0.1) is 11.0 Å². The zero-order valence-electron chi connectivity index (χ0n) is 16.5. The molecule has 2 aromatic heterocycles. The molecule has 0 spiro atoms. The van der Waals surface area contributed by atoms with Crippen LogP contribution in [-0.2, 0) is 4.43 Å². The maximum Gasteiger partial charge on any atom is 0.205 e. The molecule has 3 aromatic rings. The molecule has 1 unspecified atom stereocenters. The van der Waals surface area contributed by atoms with Gasteiger partial charge in [-0.2, -0.15) is 0 Å². The lowest BCUT2D eigenvalue weighted by atomic mass is 9.85. The van der Waals surface area contributed by atoms with Crippen LogP contribution in [-0.4, -0.2) is 19.0 Å². The van der Waals surface area contributed by atoms with Gasteiger partial charge in [-0.3, -0.25) is 0 Å². The third kappa shape index (κ3) is 5.25. The average Bonchev–Trinajstić information content (AvgIpc) is 3.08. The Hall–Kier alpha value is -2.02. The predicted molar refractivity (Wildman–Crippen MR) is 116 cm³/mol. The first-order valence-electron chi connectivity index (χ1n) is 9.04. The van der Waals surface area contributed by atoms with Crippen LogP contribution < -0.4 is 5.32 Å². The summed E-state index contributed by atoms with van der Waals surface area (Å²) >= 11 is 1.62. The van der Waals surface area contributed by atoms with Gasteiger partial charge in [-0.1, -0.05) is 62.4 Å². The van der Waals surface area contributed by atoms with Crippen molar-refractivity contribution < 1.29 is 4.43 Å². The minimum Gasteiger partial charge on any atom is -0.410 e. The lowest BCUT2D eigenvalue weighted by Gasteiger charge is -2.32. The van der Waals surface area contributed by atoms with Gasteiger partial charge in [-0.25, -0.2) is 9.97 Å². The molecule has 4 nitrogen and oxygen atoms in total. The zero-order valence-corrected chi connectivity index (χ0v) is 18.3. The van der Waals surface area contributed by atoms with Gasteiger partial charge >= 0.3 is 0 Å². The van der Waals surface area contributed by atoms with E-state index in [9.17, 15) is 0 Å². The summed E-state index contributed by atoms with van der Waals surface area (Å²) < 4.78 is 6.30. The van der Waals surface area contributed by atoms with Crippen molar-refractivity contribution in [1.82, 2.24) is 9.97 Å². The van der Waals surface area contributed by atoms with Crippen molar-refractivity contribution in [2.24, 2.45) is 5.41 Å². The molecule has 0 saturated carbocycles. The minimum absolute atomic E-state index is 0.0161. The number of thiazole rings is 1. The van der Waals surface area contributed by atoms with Crippen molar-refractivity contribution in [1.29, 1.82) is 0 Å². The molecule has 27 heavy (non-hydrogen) atoms. The van der Waals surface area contributed by atoms with E-state index in [1.165, 1.54) is 5.56 Å². The number of nitrogens with one attached hydrogen (secondary N) is 1. The number of benzene rings is 1. The van der Waals surface area contributed by atoms with Crippen LogP contribution in [0.15, 0.2) is 54.9 Å². The third-order valence-corrected chi connectivity index (χ3v) is 5.69. The molecule has 0 fully saturated rings. The van der Waals surface area contributed by atoms with Crippen molar-refractivity contribution in [3.63, 3.8) is 0 Å². The highest BCUT2D eigenvalue weighted by atomic mass is 32.1. The molecule has 3 rings (SSSR count). The standard InChI is InChI=1S/C21H26N3OSSi/c1-21(2,3)19(25-27(4)5)16-11-12-22-18(13-16)24-20-23-14-17(26-20)15-9-7-6-8-10-15/h6-14,19H,1-5H3,(H,22,23,24). The molecular weight excluding hydrogens is 370 g/mol. The van der Waals surface area contributed by atoms with Gasteiger partial charge in [-0.05, 0) is 41.8 Å². The van der Waals surface area contributed by atoms with Crippen molar-refractivity contribution in [3.05, 3.63) is 60.4 Å². The fraction of sp³-hybridized carbons (Fsp3) is 0.333. The number of nitrogens with zero attached hydrogens (tertiary/aromatic N) is 2. The van der Waals surface area contributed by atoms with Crippen LogP contribution >= 0.6 is 11.3 Å². The highest BCUT2D eigenvalue weighted by Crippen LogP contribution is 2.37. The Bertz CT molecular complexity index is 874. The summed E-state index contributed by atoms with van der Waals surface area (Å²) in [6, 6.07) is 14.4. The molecule has 141 valence electrons. The first-order chi connectivity index (χ1) is 12.8. The van der Waals surface area contributed by atoms with E-state index in [0.717, 1.165) is 21.4 Å². The molecular formula is C21H26N3OSSi. The van der Waals surface area contributed by atoms with Gasteiger partial charge in [0.25, 0.3) is 0 Å². The van der Waals surface area contributed by atoms with Gasteiger partial charge in [-0.15, -0.1) is 0 Å². The van der Waals surface area contributed by atoms with Gasteiger partial charge in [0.1, 0.15) is 5.82 Å². The van der Waals surface area contributed by atoms with Gasteiger partial charge < -0.3 is 9.74 Å². The molecule has 1 atom stereocenters. The molecule has 6 heteroatoms. The summed E-state index contributed by atoms with van der Waals surface area (Å²) in [6.45, 7) is 11.0. The SMILES string of the molecule is C[Si](C)OC(c1ccnc(Nc2ncc(-c3ccccc3)s2)c1)C(C)(C)C. The molecule has 1 radical (unpaired) electrons. The van der Waals surface area contributed by atoms with Crippen molar-refractivity contribution >= 4 is 31.3 Å². The summed E-state index contributed by atoms with van der Waals surface area (Å²) in [7, 11) is -0.812. The summed E-state index contributed by atoms with van der Waals surface area (Å²) in [4.78, 5) is 10.1. The van der Waals surface area contributed by atoms with E-state index in [1.54, 1.807) is 11.3 Å². The lowest BCUT2D eigenvalue weighted by Crippen LogP contribution is -2.26. The van der Waals surface area contributed by atoms with E-state index in [0.29, 0.717) is 0 Å². The van der Waals surface area contributed by atoms with E-state index in [-0.39, 0.29) is 11.5 Å². The lowest BCUT2D eigenvalue weighted by molar-refractivity contribution is 0.0866. The highest BCUT2D eigenvalue weighted by molar-refractivity contribution is 7.18. The summed E-state index contributed by atoms with van der Waals surface area (Å²) in [5, 5.41) is 4.18. The summed E-state index contributed by atoms with van der Waals surface area (Å²) in [6.07, 6.45) is 3.78. The Morgan fingerprint density at radius 3 is 2.48 bits per heavy atom. The normalized spacial score (nSPS) is 13.0. The zero-order chi connectivity index (χ0) is 19.4. The van der Waals surface area contributed by atoms with Gasteiger partial charge in [0.2, 0.25) is 9.04 Å². The molecule has 1 N–H and O–H groups in total. The second-order valence-electron chi connectivity index (χ2n) is 7.77. The largest absolute Gasteiger partial charge is 0.410 e.